The van der Waals surface area contributed by atoms with E-state index in [2.05, 4.69) is 54.8 Å². The van der Waals surface area contributed by atoms with Gasteiger partial charge in [-0.25, -0.2) is 4.98 Å². The molecule has 0 bridgehead atoms. The Labute approximate surface area is 182 Å². The first-order chi connectivity index (χ1) is 14.5. The second-order valence-electron chi connectivity index (χ2n) is 7.68. The molecule has 0 saturated carbocycles. The molecule has 0 unspecified atom stereocenters. The summed E-state index contributed by atoms with van der Waals surface area (Å²) in [5.74, 6) is 0.556. The first kappa shape index (κ1) is 20.4. The molecular weight excluding hydrogens is 388 g/mol. The Kier molecular flexibility index (Phi) is 6.05. The van der Waals surface area contributed by atoms with Crippen molar-refractivity contribution in [1.29, 1.82) is 0 Å². The van der Waals surface area contributed by atoms with E-state index >= 15 is 0 Å². The summed E-state index contributed by atoms with van der Waals surface area (Å²) in [6, 6.07) is 22.7. The van der Waals surface area contributed by atoms with Gasteiger partial charge in [0, 0.05) is 28.9 Å². The van der Waals surface area contributed by atoms with Crippen LogP contribution in [0.5, 0.6) is 0 Å². The van der Waals surface area contributed by atoms with Crippen LogP contribution in [0.15, 0.2) is 71.8 Å². The Bertz CT molecular complexity index is 1190. The van der Waals surface area contributed by atoms with Gasteiger partial charge in [-0.05, 0) is 56.5 Å². The molecule has 0 amide bonds. The molecule has 2 aromatic heterocycles. The number of benzene rings is 2. The number of carbonyl (C=O) groups excluding carboxylic acids is 1. The van der Waals surface area contributed by atoms with Gasteiger partial charge in [-0.2, -0.15) is 0 Å². The van der Waals surface area contributed by atoms with Gasteiger partial charge in [0.25, 0.3) is 0 Å². The fourth-order valence-electron chi connectivity index (χ4n) is 3.92. The van der Waals surface area contributed by atoms with Crippen molar-refractivity contribution in [3.63, 3.8) is 0 Å². The van der Waals surface area contributed by atoms with E-state index in [1.807, 2.05) is 37.3 Å². The van der Waals surface area contributed by atoms with E-state index in [1.54, 1.807) is 0 Å². The SMILES string of the molecule is Cc1cc(SCC(=O)c2cc(C)n(CCc3ccccc3)c2C)nc2ccccc12. The third-order valence-electron chi connectivity index (χ3n) is 5.59. The summed E-state index contributed by atoms with van der Waals surface area (Å²) in [7, 11) is 0. The van der Waals surface area contributed by atoms with Gasteiger partial charge >= 0.3 is 0 Å². The van der Waals surface area contributed by atoms with E-state index in [9.17, 15) is 4.79 Å². The Hall–Kier alpha value is -2.85. The number of nitrogens with zero attached hydrogens (tertiary/aromatic N) is 2. The maximum Gasteiger partial charge on any atom is 0.174 e. The lowest BCUT2D eigenvalue weighted by Crippen LogP contribution is -2.08. The van der Waals surface area contributed by atoms with Crippen molar-refractivity contribution in [2.75, 3.05) is 5.75 Å². The minimum absolute atomic E-state index is 0.159. The van der Waals surface area contributed by atoms with E-state index in [1.165, 1.54) is 22.9 Å². The molecule has 4 aromatic rings. The standard InChI is InChI=1S/C26H26N2OS/c1-18-15-26(27-24-12-8-7-11-22(18)24)30-17-25(29)23-16-19(2)28(20(23)3)14-13-21-9-5-4-6-10-21/h4-12,15-16H,13-14,17H2,1-3H3. The number of aromatic nitrogens is 2. The van der Waals surface area contributed by atoms with Gasteiger partial charge in [-0.3, -0.25) is 4.79 Å². The molecule has 0 spiro atoms. The molecule has 4 rings (SSSR count). The fourth-order valence-corrected chi connectivity index (χ4v) is 4.78. The van der Waals surface area contributed by atoms with E-state index in [4.69, 9.17) is 4.98 Å². The predicted molar refractivity (Wildman–Crippen MR) is 126 cm³/mol. The number of para-hydroxylation sites is 1. The molecule has 0 N–H and O–H groups in total. The summed E-state index contributed by atoms with van der Waals surface area (Å²) < 4.78 is 2.25. The van der Waals surface area contributed by atoms with Crippen molar-refractivity contribution in [2.24, 2.45) is 0 Å². The topological polar surface area (TPSA) is 34.9 Å². The summed E-state index contributed by atoms with van der Waals surface area (Å²) in [4.78, 5) is 17.7. The zero-order valence-corrected chi connectivity index (χ0v) is 18.5. The number of carbonyl (C=O) groups is 1. The Morgan fingerprint density at radius 2 is 1.70 bits per heavy atom. The molecule has 2 aromatic carbocycles. The minimum Gasteiger partial charge on any atom is -0.348 e. The van der Waals surface area contributed by atoms with Crippen molar-refractivity contribution in [3.8, 4) is 0 Å². The molecule has 0 aliphatic carbocycles. The number of Topliss-reactive ketones (excluding diaryl/α,β-unsaturated/α-hetero) is 1. The van der Waals surface area contributed by atoms with E-state index in [0.717, 1.165) is 45.8 Å². The summed E-state index contributed by atoms with van der Waals surface area (Å²) in [5, 5.41) is 2.06. The third-order valence-corrected chi connectivity index (χ3v) is 6.50. The lowest BCUT2D eigenvalue weighted by molar-refractivity contribution is 0.102. The Morgan fingerprint density at radius 1 is 0.967 bits per heavy atom. The van der Waals surface area contributed by atoms with Crippen LogP contribution in [-0.2, 0) is 13.0 Å². The lowest BCUT2D eigenvalue weighted by Gasteiger charge is -2.10. The summed E-state index contributed by atoms with van der Waals surface area (Å²) >= 11 is 1.52. The zero-order chi connectivity index (χ0) is 21.1. The number of hydrogen-bond acceptors (Lipinski definition) is 3. The average molecular weight is 415 g/mol. The highest BCUT2D eigenvalue weighted by Gasteiger charge is 2.16. The normalized spacial score (nSPS) is 11.2. The van der Waals surface area contributed by atoms with Crippen LogP contribution in [0.25, 0.3) is 10.9 Å². The summed E-state index contributed by atoms with van der Waals surface area (Å²) in [6.45, 7) is 7.11. The van der Waals surface area contributed by atoms with Crippen molar-refractivity contribution >= 4 is 28.4 Å². The highest BCUT2D eigenvalue weighted by molar-refractivity contribution is 7.99. The number of thioether (sulfide) groups is 1. The van der Waals surface area contributed by atoms with Crippen LogP contribution >= 0.6 is 11.8 Å². The molecule has 4 heteroatoms. The van der Waals surface area contributed by atoms with Crippen LogP contribution in [-0.4, -0.2) is 21.1 Å². The van der Waals surface area contributed by atoms with Crippen LogP contribution in [0.2, 0.25) is 0 Å². The highest BCUT2D eigenvalue weighted by Crippen LogP contribution is 2.25. The molecule has 2 heterocycles. The van der Waals surface area contributed by atoms with Gasteiger partial charge in [0.05, 0.1) is 16.3 Å². The molecular formula is C26H26N2OS. The van der Waals surface area contributed by atoms with Gasteiger partial charge < -0.3 is 4.57 Å². The van der Waals surface area contributed by atoms with Crippen LogP contribution in [0, 0.1) is 20.8 Å². The average Bonchev–Trinajstić information content (AvgIpc) is 3.05. The van der Waals surface area contributed by atoms with Gasteiger partial charge in [0.2, 0.25) is 0 Å². The molecule has 0 atom stereocenters. The molecule has 152 valence electrons. The molecule has 0 radical (unpaired) electrons. The first-order valence-electron chi connectivity index (χ1n) is 10.3. The number of hydrogen-bond donors (Lipinski definition) is 0. The summed E-state index contributed by atoms with van der Waals surface area (Å²) in [6.07, 6.45) is 0.958. The van der Waals surface area contributed by atoms with E-state index in [-0.39, 0.29) is 5.78 Å². The van der Waals surface area contributed by atoms with Crippen LogP contribution < -0.4 is 0 Å². The third kappa shape index (κ3) is 4.34. The lowest BCUT2D eigenvalue weighted by atomic mass is 10.1. The van der Waals surface area contributed by atoms with Gasteiger partial charge in [-0.15, -0.1) is 0 Å². The van der Waals surface area contributed by atoms with Crippen molar-refractivity contribution < 1.29 is 4.79 Å². The number of pyridine rings is 1. The number of aryl methyl sites for hydroxylation is 3. The van der Waals surface area contributed by atoms with Crippen LogP contribution in [0.3, 0.4) is 0 Å². The molecule has 3 nitrogen and oxygen atoms in total. The number of rotatable bonds is 7. The van der Waals surface area contributed by atoms with Gasteiger partial charge in [0.1, 0.15) is 0 Å². The molecule has 30 heavy (non-hydrogen) atoms. The Balaban J connectivity index is 1.46. The monoisotopic (exact) mass is 414 g/mol. The zero-order valence-electron chi connectivity index (χ0n) is 17.7. The second-order valence-corrected chi connectivity index (χ2v) is 8.67. The molecule has 0 fully saturated rings. The van der Waals surface area contributed by atoms with Crippen molar-refractivity contribution in [1.82, 2.24) is 9.55 Å². The quantitative estimate of drug-likeness (QED) is 0.268. The summed E-state index contributed by atoms with van der Waals surface area (Å²) in [5.41, 5.74) is 6.49. The van der Waals surface area contributed by atoms with Crippen LogP contribution in [0.1, 0.15) is 32.9 Å². The molecule has 0 aliphatic rings. The first-order valence-corrected chi connectivity index (χ1v) is 11.2. The van der Waals surface area contributed by atoms with Crippen molar-refractivity contribution in [2.45, 2.75) is 38.8 Å². The fraction of sp³-hybridized carbons (Fsp3) is 0.231. The highest BCUT2D eigenvalue weighted by atomic mass is 32.2. The molecule has 0 aliphatic heterocycles. The van der Waals surface area contributed by atoms with E-state index in [0.29, 0.717) is 5.75 Å². The second kappa shape index (κ2) is 8.88. The smallest absolute Gasteiger partial charge is 0.174 e. The number of ketones is 1. The van der Waals surface area contributed by atoms with Crippen molar-refractivity contribution in [3.05, 3.63) is 94.8 Å². The van der Waals surface area contributed by atoms with Gasteiger partial charge in [-0.1, -0.05) is 60.3 Å². The molecule has 0 saturated heterocycles. The maximum absolute atomic E-state index is 13.0. The maximum atomic E-state index is 13.0. The predicted octanol–water partition coefficient (Wildman–Crippen LogP) is 6.18. The largest absolute Gasteiger partial charge is 0.348 e. The van der Waals surface area contributed by atoms with Crippen LogP contribution in [0.4, 0.5) is 0 Å². The minimum atomic E-state index is 0.159. The Morgan fingerprint density at radius 3 is 2.50 bits per heavy atom. The van der Waals surface area contributed by atoms with E-state index < -0.39 is 0 Å². The van der Waals surface area contributed by atoms with Gasteiger partial charge in [0.15, 0.2) is 5.78 Å². The number of fused-ring (bicyclic) bond motifs is 1.